The molecular weight excluding hydrogens is 316 g/mol. The summed E-state index contributed by atoms with van der Waals surface area (Å²) in [6.07, 6.45) is 1.17. The van der Waals surface area contributed by atoms with E-state index in [1.807, 2.05) is 12.1 Å². The third kappa shape index (κ3) is 5.08. The fourth-order valence-electron chi connectivity index (χ4n) is 2.38. The van der Waals surface area contributed by atoms with Crippen molar-refractivity contribution in [1.82, 2.24) is 4.90 Å². The normalized spacial score (nSPS) is 11.1. The van der Waals surface area contributed by atoms with Gasteiger partial charge in [-0.1, -0.05) is 19.9 Å². The maximum Gasteiger partial charge on any atom is 0.0682 e. The van der Waals surface area contributed by atoms with E-state index in [2.05, 4.69) is 52.6 Å². The summed E-state index contributed by atoms with van der Waals surface area (Å²) in [5, 5.41) is 9.17. The van der Waals surface area contributed by atoms with Gasteiger partial charge >= 0.3 is 0 Å². The van der Waals surface area contributed by atoms with Gasteiger partial charge in [-0.15, -0.1) is 0 Å². The van der Waals surface area contributed by atoms with E-state index in [9.17, 15) is 0 Å². The Balaban J connectivity index is 2.62. The number of halogens is 1. The lowest BCUT2D eigenvalue weighted by molar-refractivity contribution is 0.282. The number of hydrogen-bond donors (Lipinski definition) is 1. The van der Waals surface area contributed by atoms with Crippen LogP contribution in [0.5, 0.6) is 0 Å². The van der Waals surface area contributed by atoms with E-state index < -0.39 is 0 Å². The number of aliphatic hydroxyl groups is 1. The lowest BCUT2D eigenvalue weighted by Crippen LogP contribution is -2.30. The largest absolute Gasteiger partial charge is 0.392 e. The van der Waals surface area contributed by atoms with Gasteiger partial charge in [-0.3, -0.25) is 0 Å². The highest BCUT2D eigenvalue weighted by molar-refractivity contribution is 9.10. The molecule has 1 aromatic carbocycles. The third-order valence-corrected chi connectivity index (χ3v) is 4.35. The second-order valence-electron chi connectivity index (χ2n) is 4.90. The van der Waals surface area contributed by atoms with Crippen molar-refractivity contribution < 1.29 is 5.11 Å². The Kier molecular flexibility index (Phi) is 8.19. The first-order valence-corrected chi connectivity index (χ1v) is 8.32. The van der Waals surface area contributed by atoms with Gasteiger partial charge in [0.05, 0.1) is 12.3 Å². The Labute approximate surface area is 131 Å². The molecule has 0 spiro atoms. The second kappa shape index (κ2) is 9.37. The molecule has 3 nitrogen and oxygen atoms in total. The summed E-state index contributed by atoms with van der Waals surface area (Å²) in [6, 6.07) is 6.09. The molecule has 0 atom stereocenters. The van der Waals surface area contributed by atoms with Crippen molar-refractivity contribution in [3.63, 3.8) is 0 Å². The van der Waals surface area contributed by atoms with E-state index in [0.29, 0.717) is 0 Å². The number of benzene rings is 1. The minimum absolute atomic E-state index is 0.0902. The molecule has 114 valence electrons. The minimum atomic E-state index is 0.0902. The molecule has 20 heavy (non-hydrogen) atoms. The quantitative estimate of drug-likeness (QED) is 0.743. The Morgan fingerprint density at radius 1 is 1.05 bits per heavy atom. The van der Waals surface area contributed by atoms with E-state index in [-0.39, 0.29) is 6.61 Å². The van der Waals surface area contributed by atoms with Gasteiger partial charge in [0.2, 0.25) is 0 Å². The zero-order valence-electron chi connectivity index (χ0n) is 12.9. The molecule has 0 fully saturated rings. The van der Waals surface area contributed by atoms with E-state index in [0.717, 1.165) is 42.8 Å². The SMILES string of the molecule is CCN(CC)CCCN(CC)c1ccc(CO)cc1Br. The second-order valence-corrected chi connectivity index (χ2v) is 5.76. The summed E-state index contributed by atoms with van der Waals surface area (Å²) >= 11 is 3.61. The summed E-state index contributed by atoms with van der Waals surface area (Å²) in [6.45, 7) is 12.2. The van der Waals surface area contributed by atoms with Gasteiger partial charge in [-0.05, 0) is 66.6 Å². The van der Waals surface area contributed by atoms with Crippen LogP contribution in [0.1, 0.15) is 32.8 Å². The van der Waals surface area contributed by atoms with Gasteiger partial charge in [0.1, 0.15) is 0 Å². The summed E-state index contributed by atoms with van der Waals surface area (Å²) in [5.74, 6) is 0. The topological polar surface area (TPSA) is 26.7 Å². The molecule has 0 aromatic heterocycles. The van der Waals surface area contributed by atoms with Gasteiger partial charge in [-0.25, -0.2) is 0 Å². The Bertz CT molecular complexity index is 394. The summed E-state index contributed by atoms with van der Waals surface area (Å²) in [4.78, 5) is 4.84. The predicted molar refractivity (Wildman–Crippen MR) is 90.4 cm³/mol. The first-order valence-electron chi connectivity index (χ1n) is 7.52. The number of aliphatic hydroxyl groups excluding tert-OH is 1. The van der Waals surface area contributed by atoms with Gasteiger partial charge in [0.15, 0.2) is 0 Å². The van der Waals surface area contributed by atoms with Crippen LogP contribution >= 0.6 is 15.9 Å². The maximum atomic E-state index is 9.17. The molecule has 0 unspecified atom stereocenters. The summed E-state index contributed by atoms with van der Waals surface area (Å²) < 4.78 is 1.06. The van der Waals surface area contributed by atoms with E-state index >= 15 is 0 Å². The molecule has 0 heterocycles. The van der Waals surface area contributed by atoms with Crippen molar-refractivity contribution in [1.29, 1.82) is 0 Å². The van der Waals surface area contributed by atoms with E-state index in [4.69, 9.17) is 5.11 Å². The smallest absolute Gasteiger partial charge is 0.0682 e. The average molecular weight is 343 g/mol. The fourth-order valence-corrected chi connectivity index (χ4v) is 3.06. The summed E-state index contributed by atoms with van der Waals surface area (Å²) in [7, 11) is 0. The predicted octanol–water partition coefficient (Wildman–Crippen LogP) is 3.50. The zero-order valence-corrected chi connectivity index (χ0v) is 14.5. The number of hydrogen-bond acceptors (Lipinski definition) is 3. The highest BCUT2D eigenvalue weighted by Gasteiger charge is 2.09. The van der Waals surface area contributed by atoms with Crippen LogP contribution in [0.3, 0.4) is 0 Å². The van der Waals surface area contributed by atoms with Crippen LogP contribution in [0.4, 0.5) is 5.69 Å². The minimum Gasteiger partial charge on any atom is -0.392 e. The van der Waals surface area contributed by atoms with Crippen molar-refractivity contribution in [2.75, 3.05) is 37.6 Å². The van der Waals surface area contributed by atoms with Crippen LogP contribution < -0.4 is 4.90 Å². The van der Waals surface area contributed by atoms with Crippen LogP contribution in [0.25, 0.3) is 0 Å². The molecule has 1 aromatic rings. The van der Waals surface area contributed by atoms with Gasteiger partial charge in [-0.2, -0.15) is 0 Å². The molecule has 0 bridgehead atoms. The molecule has 0 aliphatic heterocycles. The first kappa shape index (κ1) is 17.5. The fraction of sp³-hybridized carbons (Fsp3) is 0.625. The van der Waals surface area contributed by atoms with E-state index in [1.54, 1.807) is 0 Å². The third-order valence-electron chi connectivity index (χ3n) is 3.71. The van der Waals surface area contributed by atoms with Gasteiger partial charge in [0.25, 0.3) is 0 Å². The zero-order chi connectivity index (χ0) is 15.0. The van der Waals surface area contributed by atoms with Crippen LogP contribution in [0.2, 0.25) is 0 Å². The highest BCUT2D eigenvalue weighted by Crippen LogP contribution is 2.27. The molecule has 0 aliphatic rings. The highest BCUT2D eigenvalue weighted by atomic mass is 79.9. The van der Waals surface area contributed by atoms with Crippen LogP contribution in [0, 0.1) is 0 Å². The summed E-state index contributed by atoms with van der Waals surface area (Å²) in [5.41, 5.74) is 2.16. The Hall–Kier alpha value is -0.580. The number of nitrogens with zero attached hydrogens (tertiary/aromatic N) is 2. The first-order chi connectivity index (χ1) is 9.65. The van der Waals surface area contributed by atoms with Crippen LogP contribution in [-0.2, 0) is 6.61 Å². The van der Waals surface area contributed by atoms with Gasteiger partial charge < -0.3 is 14.9 Å². The van der Waals surface area contributed by atoms with Crippen molar-refractivity contribution in [3.05, 3.63) is 28.2 Å². The number of anilines is 1. The van der Waals surface area contributed by atoms with Crippen LogP contribution in [0.15, 0.2) is 22.7 Å². The Morgan fingerprint density at radius 3 is 2.25 bits per heavy atom. The molecule has 0 saturated carbocycles. The lowest BCUT2D eigenvalue weighted by atomic mass is 10.2. The standard InChI is InChI=1S/C16H27BrN2O/c1-4-18(5-2)10-7-11-19(6-3)16-9-8-14(13-20)12-15(16)17/h8-9,12,20H,4-7,10-11,13H2,1-3H3. The van der Waals surface area contributed by atoms with Crippen molar-refractivity contribution >= 4 is 21.6 Å². The average Bonchev–Trinajstić information content (AvgIpc) is 2.48. The maximum absolute atomic E-state index is 9.17. The number of rotatable bonds is 9. The molecule has 0 saturated heterocycles. The molecule has 1 N–H and O–H groups in total. The van der Waals surface area contributed by atoms with Crippen molar-refractivity contribution in [2.24, 2.45) is 0 Å². The molecule has 0 aliphatic carbocycles. The molecule has 1 rings (SSSR count). The Morgan fingerprint density at radius 2 is 1.75 bits per heavy atom. The molecule has 0 radical (unpaired) electrons. The molecule has 0 amide bonds. The molecular formula is C16H27BrN2O. The molecule has 4 heteroatoms. The monoisotopic (exact) mass is 342 g/mol. The van der Waals surface area contributed by atoms with Crippen molar-refractivity contribution in [2.45, 2.75) is 33.8 Å². The van der Waals surface area contributed by atoms with Gasteiger partial charge in [0, 0.05) is 17.6 Å². The van der Waals surface area contributed by atoms with Crippen LogP contribution in [-0.4, -0.2) is 42.7 Å². The van der Waals surface area contributed by atoms with E-state index in [1.165, 1.54) is 12.1 Å². The lowest BCUT2D eigenvalue weighted by Gasteiger charge is -2.26. The van der Waals surface area contributed by atoms with Crippen molar-refractivity contribution in [3.8, 4) is 0 Å².